The molecule has 0 fully saturated rings. The molecule has 0 saturated heterocycles. The number of allylic oxidation sites excluding steroid dienone is 12. The first-order valence-electron chi connectivity index (χ1n) is 5.82. The molecule has 0 nitrogen and oxygen atoms in total. The van der Waals surface area contributed by atoms with Crippen molar-refractivity contribution in [1.82, 2.24) is 0 Å². The summed E-state index contributed by atoms with van der Waals surface area (Å²) >= 11 is 0. The smallest absolute Gasteiger partial charge is 0.00639 e. The van der Waals surface area contributed by atoms with Crippen molar-refractivity contribution in [2.75, 3.05) is 0 Å². The van der Waals surface area contributed by atoms with Gasteiger partial charge in [-0.2, -0.15) is 0 Å². The van der Waals surface area contributed by atoms with Gasteiger partial charge in [-0.25, -0.2) is 0 Å². The Bertz CT molecular complexity index is 404. The van der Waals surface area contributed by atoms with E-state index in [9.17, 15) is 0 Å². The Morgan fingerprint density at radius 2 is 1.00 bits per heavy atom. The fraction of sp³-hybridized carbons (Fsp3) is 0.250. The minimum Gasteiger partial charge on any atom is -0.0689 e. The molecule has 0 aromatic heterocycles. The zero-order valence-electron chi connectivity index (χ0n) is 10.0. The molecule has 0 aliphatic heterocycles. The van der Waals surface area contributed by atoms with Crippen LogP contribution in [0.15, 0.2) is 70.9 Å². The van der Waals surface area contributed by atoms with E-state index in [1.165, 1.54) is 22.3 Å². The Morgan fingerprint density at radius 3 is 1.44 bits per heavy atom. The van der Waals surface area contributed by atoms with Gasteiger partial charge >= 0.3 is 0 Å². The van der Waals surface area contributed by atoms with E-state index < -0.39 is 0 Å². The van der Waals surface area contributed by atoms with Gasteiger partial charge < -0.3 is 0 Å². The normalized spacial score (nSPS) is 20.4. The van der Waals surface area contributed by atoms with Crippen LogP contribution in [0.25, 0.3) is 0 Å². The fourth-order valence-electron chi connectivity index (χ4n) is 2.06. The maximum Gasteiger partial charge on any atom is -0.00639 e. The minimum absolute atomic E-state index is 1.07. The average molecular weight is 210 g/mol. The van der Waals surface area contributed by atoms with Crippen molar-refractivity contribution in [2.24, 2.45) is 0 Å². The molecule has 2 rings (SSSR count). The first-order valence-corrected chi connectivity index (χ1v) is 5.82. The van der Waals surface area contributed by atoms with E-state index in [2.05, 4.69) is 62.5 Å². The second-order valence-corrected chi connectivity index (χ2v) is 4.53. The van der Waals surface area contributed by atoms with Gasteiger partial charge in [0.25, 0.3) is 0 Å². The highest BCUT2D eigenvalue weighted by atomic mass is 14.1. The first kappa shape index (κ1) is 10.9. The van der Waals surface area contributed by atoms with Crippen LogP contribution in [0, 0.1) is 0 Å². The van der Waals surface area contributed by atoms with Gasteiger partial charge in [-0.3, -0.25) is 0 Å². The summed E-state index contributed by atoms with van der Waals surface area (Å²) in [6.07, 6.45) is 19.5. The largest absolute Gasteiger partial charge is 0.0689 e. The molecule has 0 aromatic carbocycles. The molecule has 2 aliphatic carbocycles. The first-order chi connectivity index (χ1) is 7.75. The SMILES string of the molecule is CC1=CC=CC=C(C2=CC=CC=C(C)C2)C1. The predicted molar refractivity (Wildman–Crippen MR) is 71.2 cm³/mol. The molecule has 82 valence electrons. The number of rotatable bonds is 1. The fourth-order valence-corrected chi connectivity index (χ4v) is 2.06. The van der Waals surface area contributed by atoms with Crippen molar-refractivity contribution in [2.45, 2.75) is 26.7 Å². The second kappa shape index (κ2) is 4.98. The summed E-state index contributed by atoms with van der Waals surface area (Å²) in [6, 6.07) is 0. The molecule has 0 heterocycles. The van der Waals surface area contributed by atoms with E-state index in [0.29, 0.717) is 0 Å². The van der Waals surface area contributed by atoms with Gasteiger partial charge in [0, 0.05) is 0 Å². The lowest BCUT2D eigenvalue weighted by Gasteiger charge is -2.11. The summed E-state index contributed by atoms with van der Waals surface area (Å²) < 4.78 is 0. The summed E-state index contributed by atoms with van der Waals surface area (Å²) in [5, 5.41) is 0. The molecule has 0 heteroatoms. The topological polar surface area (TPSA) is 0 Å². The quantitative estimate of drug-likeness (QED) is 0.591. The molecule has 0 spiro atoms. The zero-order chi connectivity index (χ0) is 11.4. The van der Waals surface area contributed by atoms with Crippen LogP contribution in [-0.4, -0.2) is 0 Å². The molecule has 0 atom stereocenters. The van der Waals surface area contributed by atoms with Crippen molar-refractivity contribution in [3.05, 3.63) is 70.9 Å². The van der Waals surface area contributed by atoms with E-state index in [1.807, 2.05) is 0 Å². The predicted octanol–water partition coefficient (Wildman–Crippen LogP) is 4.65. The highest BCUT2D eigenvalue weighted by Crippen LogP contribution is 2.27. The van der Waals surface area contributed by atoms with Crippen LogP contribution in [0.5, 0.6) is 0 Å². The summed E-state index contributed by atoms with van der Waals surface area (Å²) in [6.45, 7) is 4.39. The third-order valence-corrected chi connectivity index (χ3v) is 2.93. The monoisotopic (exact) mass is 210 g/mol. The van der Waals surface area contributed by atoms with Gasteiger partial charge in [-0.15, -0.1) is 0 Å². The van der Waals surface area contributed by atoms with E-state index in [1.54, 1.807) is 0 Å². The lowest BCUT2D eigenvalue weighted by Crippen LogP contribution is -1.92. The Morgan fingerprint density at radius 1 is 0.625 bits per heavy atom. The van der Waals surface area contributed by atoms with Crippen molar-refractivity contribution in [1.29, 1.82) is 0 Å². The lowest BCUT2D eigenvalue weighted by molar-refractivity contribution is 1.05. The molecule has 0 saturated carbocycles. The molecule has 2 aliphatic rings. The summed E-state index contributed by atoms with van der Waals surface area (Å²) in [7, 11) is 0. The van der Waals surface area contributed by atoms with Gasteiger partial charge in [-0.1, -0.05) is 59.8 Å². The van der Waals surface area contributed by atoms with Gasteiger partial charge in [0.05, 0.1) is 0 Å². The Balaban J connectivity index is 2.26. The van der Waals surface area contributed by atoms with Crippen LogP contribution in [0.1, 0.15) is 26.7 Å². The lowest BCUT2D eigenvalue weighted by atomic mass is 9.94. The standard InChI is InChI=1S/C16H18/c1-13-7-3-5-9-15(11-13)16-10-6-4-8-14(2)12-16/h3-10H,11-12H2,1-2H3. The van der Waals surface area contributed by atoms with Crippen LogP contribution in [-0.2, 0) is 0 Å². The maximum atomic E-state index is 2.24. The summed E-state index contributed by atoms with van der Waals surface area (Å²) in [4.78, 5) is 0. The number of hydrogen-bond acceptors (Lipinski definition) is 0. The second-order valence-electron chi connectivity index (χ2n) is 4.53. The van der Waals surface area contributed by atoms with Crippen molar-refractivity contribution in [3.63, 3.8) is 0 Å². The zero-order valence-corrected chi connectivity index (χ0v) is 10.0. The van der Waals surface area contributed by atoms with E-state index in [0.717, 1.165) is 12.8 Å². The molecule has 0 aromatic rings. The number of hydrogen-bond donors (Lipinski definition) is 0. The van der Waals surface area contributed by atoms with Gasteiger partial charge in [-0.05, 0) is 37.8 Å². The highest BCUT2D eigenvalue weighted by molar-refractivity contribution is 5.45. The minimum atomic E-state index is 1.07. The van der Waals surface area contributed by atoms with E-state index in [-0.39, 0.29) is 0 Å². The van der Waals surface area contributed by atoms with Crippen LogP contribution in [0.4, 0.5) is 0 Å². The molecular weight excluding hydrogens is 192 g/mol. The van der Waals surface area contributed by atoms with Gasteiger partial charge in [0.1, 0.15) is 0 Å². The van der Waals surface area contributed by atoms with Crippen molar-refractivity contribution in [3.8, 4) is 0 Å². The van der Waals surface area contributed by atoms with Crippen LogP contribution < -0.4 is 0 Å². The maximum absolute atomic E-state index is 2.24. The van der Waals surface area contributed by atoms with Crippen LogP contribution in [0.3, 0.4) is 0 Å². The third-order valence-electron chi connectivity index (χ3n) is 2.93. The Labute approximate surface area is 98.1 Å². The van der Waals surface area contributed by atoms with Crippen LogP contribution >= 0.6 is 0 Å². The van der Waals surface area contributed by atoms with Gasteiger partial charge in [0.15, 0.2) is 0 Å². The molecule has 0 amide bonds. The van der Waals surface area contributed by atoms with Crippen LogP contribution in [0.2, 0.25) is 0 Å². The van der Waals surface area contributed by atoms with E-state index in [4.69, 9.17) is 0 Å². The van der Waals surface area contributed by atoms with E-state index >= 15 is 0 Å². The third kappa shape index (κ3) is 2.73. The van der Waals surface area contributed by atoms with Crippen molar-refractivity contribution < 1.29 is 0 Å². The molecule has 16 heavy (non-hydrogen) atoms. The Kier molecular flexibility index (Phi) is 3.40. The molecule has 0 radical (unpaired) electrons. The Hall–Kier alpha value is -1.56. The molecule has 0 unspecified atom stereocenters. The summed E-state index contributed by atoms with van der Waals surface area (Å²) in [5.41, 5.74) is 5.75. The van der Waals surface area contributed by atoms with Gasteiger partial charge in [0.2, 0.25) is 0 Å². The average Bonchev–Trinajstić information content (AvgIpc) is 2.58. The van der Waals surface area contributed by atoms with Crippen molar-refractivity contribution >= 4 is 0 Å². The molecule has 0 N–H and O–H groups in total. The summed E-state index contributed by atoms with van der Waals surface area (Å²) in [5.74, 6) is 0. The molecule has 0 bridgehead atoms. The highest BCUT2D eigenvalue weighted by Gasteiger charge is 2.08. The molecular formula is C16H18.